The first kappa shape index (κ1) is 12.9. The predicted molar refractivity (Wildman–Crippen MR) is 70.6 cm³/mol. The maximum Gasteiger partial charge on any atom is 0.360 e. The quantitative estimate of drug-likeness (QED) is 0.848. The minimum Gasteiger partial charge on any atom is -0.497 e. The number of imidazole rings is 1. The topological polar surface area (TPSA) is 79.4 Å². The third-order valence-electron chi connectivity index (χ3n) is 2.79. The number of rotatable bonds is 3. The van der Waals surface area contributed by atoms with Crippen molar-refractivity contribution in [1.29, 1.82) is 0 Å². The molecule has 0 bridgehead atoms. The molecule has 6 nitrogen and oxygen atoms in total. The molecule has 0 atom stereocenters. The van der Waals surface area contributed by atoms with Crippen LogP contribution in [0.5, 0.6) is 5.75 Å². The Morgan fingerprint density at radius 1 is 1.26 bits per heavy atom. The second kappa shape index (κ2) is 5.01. The molecule has 0 spiro atoms. The molecule has 2 N–H and O–H groups in total. The molecule has 2 rings (SSSR count). The van der Waals surface area contributed by atoms with Crippen molar-refractivity contribution in [2.75, 3.05) is 20.0 Å². The van der Waals surface area contributed by atoms with Crippen LogP contribution in [0, 0.1) is 6.92 Å². The van der Waals surface area contributed by atoms with Gasteiger partial charge >= 0.3 is 5.97 Å². The molecule has 0 saturated carbocycles. The SMILES string of the molecule is COC(=O)c1nc(C)n(-c2ccc(OC)cc2)c1N. The molecule has 0 amide bonds. The van der Waals surface area contributed by atoms with Crippen LogP contribution in [0.25, 0.3) is 5.69 Å². The molecule has 2 aromatic rings. The van der Waals surface area contributed by atoms with E-state index in [-0.39, 0.29) is 11.5 Å². The van der Waals surface area contributed by atoms with Crippen LogP contribution < -0.4 is 10.5 Å². The van der Waals surface area contributed by atoms with E-state index in [1.165, 1.54) is 7.11 Å². The maximum absolute atomic E-state index is 11.5. The standard InChI is InChI=1S/C13H15N3O3/c1-8-15-11(13(17)19-3)12(14)16(8)9-4-6-10(18-2)7-5-9/h4-7H,14H2,1-3H3. The number of hydrogen-bond acceptors (Lipinski definition) is 5. The van der Waals surface area contributed by atoms with Gasteiger partial charge in [0.1, 0.15) is 17.4 Å². The van der Waals surface area contributed by atoms with Crippen LogP contribution in [0.2, 0.25) is 0 Å². The molecule has 100 valence electrons. The summed E-state index contributed by atoms with van der Waals surface area (Å²) >= 11 is 0. The zero-order chi connectivity index (χ0) is 14.0. The van der Waals surface area contributed by atoms with Crippen LogP contribution in [-0.4, -0.2) is 29.7 Å². The number of ether oxygens (including phenoxy) is 2. The number of aryl methyl sites for hydroxylation is 1. The smallest absolute Gasteiger partial charge is 0.360 e. The van der Waals surface area contributed by atoms with Crippen molar-refractivity contribution in [3.8, 4) is 11.4 Å². The summed E-state index contributed by atoms with van der Waals surface area (Å²) < 4.78 is 11.4. The summed E-state index contributed by atoms with van der Waals surface area (Å²) in [5, 5.41) is 0. The summed E-state index contributed by atoms with van der Waals surface area (Å²) in [4.78, 5) is 15.7. The number of carbonyl (C=O) groups excluding carboxylic acids is 1. The Morgan fingerprint density at radius 2 is 1.89 bits per heavy atom. The summed E-state index contributed by atoms with van der Waals surface area (Å²) in [5.41, 5.74) is 6.88. The number of nitrogens with zero attached hydrogens (tertiary/aromatic N) is 2. The molecule has 0 saturated heterocycles. The van der Waals surface area contributed by atoms with Gasteiger partial charge in [0.25, 0.3) is 0 Å². The minimum atomic E-state index is -0.548. The first-order valence-corrected chi connectivity index (χ1v) is 5.66. The van der Waals surface area contributed by atoms with Gasteiger partial charge in [0, 0.05) is 5.69 Å². The number of carbonyl (C=O) groups is 1. The van der Waals surface area contributed by atoms with E-state index < -0.39 is 5.97 Å². The van der Waals surface area contributed by atoms with E-state index in [4.69, 9.17) is 10.5 Å². The predicted octanol–water partition coefficient (Wildman–Crippen LogP) is 1.56. The number of anilines is 1. The van der Waals surface area contributed by atoms with Crippen molar-refractivity contribution in [1.82, 2.24) is 9.55 Å². The third-order valence-corrected chi connectivity index (χ3v) is 2.79. The van der Waals surface area contributed by atoms with E-state index in [0.717, 1.165) is 11.4 Å². The highest BCUT2D eigenvalue weighted by Crippen LogP contribution is 2.22. The summed E-state index contributed by atoms with van der Waals surface area (Å²) in [6.07, 6.45) is 0. The lowest BCUT2D eigenvalue weighted by Gasteiger charge is -2.08. The Bertz CT molecular complexity index is 602. The monoisotopic (exact) mass is 261 g/mol. The van der Waals surface area contributed by atoms with E-state index in [2.05, 4.69) is 9.72 Å². The van der Waals surface area contributed by atoms with Gasteiger partial charge in [0.2, 0.25) is 0 Å². The average Bonchev–Trinajstić information content (AvgIpc) is 2.73. The van der Waals surface area contributed by atoms with Crippen LogP contribution in [0.15, 0.2) is 24.3 Å². The molecule has 0 unspecified atom stereocenters. The first-order chi connectivity index (χ1) is 9.08. The summed E-state index contributed by atoms with van der Waals surface area (Å²) in [6.45, 7) is 1.77. The van der Waals surface area contributed by atoms with E-state index in [1.807, 2.05) is 24.3 Å². The average molecular weight is 261 g/mol. The molecule has 1 heterocycles. The van der Waals surface area contributed by atoms with Crippen LogP contribution in [0.3, 0.4) is 0 Å². The van der Waals surface area contributed by atoms with Gasteiger partial charge in [-0.2, -0.15) is 0 Å². The molecular formula is C13H15N3O3. The van der Waals surface area contributed by atoms with Crippen LogP contribution in [0.4, 0.5) is 5.82 Å². The Hall–Kier alpha value is -2.50. The van der Waals surface area contributed by atoms with Gasteiger partial charge in [0.05, 0.1) is 14.2 Å². The molecule has 0 radical (unpaired) electrons. The molecule has 0 fully saturated rings. The van der Waals surface area contributed by atoms with E-state index in [9.17, 15) is 4.79 Å². The maximum atomic E-state index is 11.5. The van der Waals surface area contributed by atoms with Gasteiger partial charge in [-0.25, -0.2) is 9.78 Å². The second-order valence-corrected chi connectivity index (χ2v) is 3.92. The number of esters is 1. The highest BCUT2D eigenvalue weighted by Gasteiger charge is 2.19. The normalized spacial score (nSPS) is 10.3. The second-order valence-electron chi connectivity index (χ2n) is 3.92. The lowest BCUT2D eigenvalue weighted by atomic mass is 10.3. The molecule has 0 aliphatic heterocycles. The summed E-state index contributed by atoms with van der Waals surface area (Å²) in [5.74, 6) is 1.07. The molecule has 1 aromatic carbocycles. The van der Waals surface area contributed by atoms with Gasteiger partial charge in [-0.1, -0.05) is 0 Å². The van der Waals surface area contributed by atoms with Crippen molar-refractivity contribution in [2.24, 2.45) is 0 Å². The number of hydrogen-bond donors (Lipinski definition) is 1. The van der Waals surface area contributed by atoms with Crippen molar-refractivity contribution < 1.29 is 14.3 Å². The lowest BCUT2D eigenvalue weighted by molar-refractivity contribution is 0.0596. The Morgan fingerprint density at radius 3 is 2.42 bits per heavy atom. The van der Waals surface area contributed by atoms with Gasteiger partial charge in [-0.15, -0.1) is 0 Å². The van der Waals surface area contributed by atoms with Crippen molar-refractivity contribution in [2.45, 2.75) is 6.92 Å². The van der Waals surface area contributed by atoms with Gasteiger partial charge in [-0.05, 0) is 31.2 Å². The molecule has 19 heavy (non-hydrogen) atoms. The third kappa shape index (κ3) is 2.24. The van der Waals surface area contributed by atoms with Crippen molar-refractivity contribution in [3.63, 3.8) is 0 Å². The fourth-order valence-electron chi connectivity index (χ4n) is 1.85. The van der Waals surface area contributed by atoms with Crippen molar-refractivity contribution >= 4 is 11.8 Å². The Kier molecular flexibility index (Phi) is 3.41. The van der Waals surface area contributed by atoms with E-state index in [1.54, 1.807) is 18.6 Å². The van der Waals surface area contributed by atoms with Gasteiger partial charge in [-0.3, -0.25) is 4.57 Å². The Balaban J connectivity index is 2.49. The minimum absolute atomic E-state index is 0.121. The van der Waals surface area contributed by atoms with Crippen LogP contribution >= 0.6 is 0 Å². The number of benzene rings is 1. The largest absolute Gasteiger partial charge is 0.497 e. The first-order valence-electron chi connectivity index (χ1n) is 5.66. The fraction of sp³-hybridized carbons (Fsp3) is 0.231. The van der Waals surface area contributed by atoms with Gasteiger partial charge in [0.15, 0.2) is 5.69 Å². The van der Waals surface area contributed by atoms with E-state index >= 15 is 0 Å². The number of methoxy groups -OCH3 is 2. The highest BCUT2D eigenvalue weighted by molar-refractivity contribution is 5.92. The van der Waals surface area contributed by atoms with Crippen LogP contribution in [-0.2, 0) is 4.74 Å². The summed E-state index contributed by atoms with van der Waals surface area (Å²) in [6, 6.07) is 7.30. The van der Waals surface area contributed by atoms with E-state index in [0.29, 0.717) is 5.82 Å². The molecule has 6 heteroatoms. The molecular weight excluding hydrogens is 246 g/mol. The zero-order valence-electron chi connectivity index (χ0n) is 11.0. The molecule has 0 aliphatic carbocycles. The number of aromatic nitrogens is 2. The van der Waals surface area contributed by atoms with Gasteiger partial charge < -0.3 is 15.2 Å². The summed E-state index contributed by atoms with van der Waals surface area (Å²) in [7, 11) is 2.89. The Labute approximate surface area is 110 Å². The lowest BCUT2D eigenvalue weighted by Crippen LogP contribution is -2.07. The molecule has 1 aromatic heterocycles. The van der Waals surface area contributed by atoms with Crippen molar-refractivity contribution in [3.05, 3.63) is 35.8 Å². The number of nitrogen functional groups attached to an aromatic ring is 1. The highest BCUT2D eigenvalue weighted by atomic mass is 16.5. The van der Waals surface area contributed by atoms with Crippen LogP contribution in [0.1, 0.15) is 16.3 Å². The number of nitrogens with two attached hydrogens (primary N) is 1. The fourth-order valence-corrected chi connectivity index (χ4v) is 1.85. The zero-order valence-corrected chi connectivity index (χ0v) is 11.0. The molecule has 0 aliphatic rings.